The molecule has 0 bridgehead atoms. The van der Waals surface area contributed by atoms with Crippen LogP contribution in [0.5, 0.6) is 0 Å². The average molecular weight is 296 g/mol. The fourth-order valence-corrected chi connectivity index (χ4v) is 1.94. The first-order valence-corrected chi connectivity index (χ1v) is 6.67. The monoisotopic (exact) mass is 296 g/mol. The second-order valence-corrected chi connectivity index (χ2v) is 5.98. The molecule has 0 saturated heterocycles. The summed E-state index contributed by atoms with van der Waals surface area (Å²) >= 11 is 0. The molecule has 1 aromatic heterocycles. The summed E-state index contributed by atoms with van der Waals surface area (Å²) in [6.07, 6.45) is -1.56. The fourth-order valence-electron chi connectivity index (χ4n) is 1.94. The van der Waals surface area contributed by atoms with Gasteiger partial charge in [0.2, 0.25) is 0 Å². The predicted molar refractivity (Wildman–Crippen MR) is 74.0 cm³/mol. The molecular formula is C13H20N4O4. The van der Waals surface area contributed by atoms with Crippen molar-refractivity contribution in [1.82, 2.24) is 15.1 Å². The largest absolute Gasteiger partial charge is 0.457 e. The summed E-state index contributed by atoms with van der Waals surface area (Å²) in [5, 5.41) is 6.66. The fraction of sp³-hybridized carbons (Fsp3) is 0.615. The Balaban J connectivity index is 1.90. The number of carbonyl (C=O) groups is 2. The van der Waals surface area contributed by atoms with Crippen molar-refractivity contribution in [2.45, 2.75) is 52.5 Å². The summed E-state index contributed by atoms with van der Waals surface area (Å²) in [5.41, 5.74) is 6.59. The number of hydrogen-bond donors (Lipinski definition) is 2. The number of rotatable bonds is 2. The van der Waals surface area contributed by atoms with E-state index < -0.39 is 23.8 Å². The van der Waals surface area contributed by atoms with Crippen molar-refractivity contribution < 1.29 is 19.1 Å². The number of aromatic nitrogens is 2. The van der Waals surface area contributed by atoms with Crippen molar-refractivity contribution in [1.29, 1.82) is 0 Å². The maximum atomic E-state index is 12.0. The Morgan fingerprint density at radius 2 is 2.05 bits per heavy atom. The molecule has 116 valence electrons. The van der Waals surface area contributed by atoms with Crippen molar-refractivity contribution in [3.63, 3.8) is 0 Å². The van der Waals surface area contributed by atoms with Crippen LogP contribution in [0.1, 0.15) is 39.0 Å². The number of ether oxygens (including phenoxy) is 2. The molecule has 0 spiro atoms. The Morgan fingerprint density at radius 3 is 2.62 bits per heavy atom. The quantitative estimate of drug-likeness (QED) is 0.793. The standard InChI is InChI=1S/C13H20N4O4/c1-7(11(18)21-13(2,3)4)20-12(19)17-5-8-9(6-17)15-16-10(8)14/h7H,5-6H2,1-4H3,(H3,14,15,16). The first-order chi connectivity index (χ1) is 9.67. The van der Waals surface area contributed by atoms with Crippen molar-refractivity contribution in [3.8, 4) is 0 Å². The van der Waals surface area contributed by atoms with E-state index in [0.29, 0.717) is 18.9 Å². The minimum absolute atomic E-state index is 0.308. The van der Waals surface area contributed by atoms with E-state index in [-0.39, 0.29) is 0 Å². The van der Waals surface area contributed by atoms with E-state index in [1.165, 1.54) is 11.8 Å². The van der Waals surface area contributed by atoms with Gasteiger partial charge in [0, 0.05) is 5.56 Å². The average Bonchev–Trinajstić information content (AvgIpc) is 2.90. The number of aromatic amines is 1. The highest BCUT2D eigenvalue weighted by Crippen LogP contribution is 2.25. The van der Waals surface area contributed by atoms with Gasteiger partial charge < -0.3 is 15.2 Å². The Morgan fingerprint density at radius 1 is 1.38 bits per heavy atom. The summed E-state index contributed by atoms with van der Waals surface area (Å²) in [6, 6.07) is 0. The summed E-state index contributed by atoms with van der Waals surface area (Å²) in [6.45, 7) is 7.36. The zero-order valence-corrected chi connectivity index (χ0v) is 12.6. The van der Waals surface area contributed by atoms with Crippen LogP contribution in [0.4, 0.5) is 10.6 Å². The van der Waals surface area contributed by atoms with Gasteiger partial charge in [-0.2, -0.15) is 5.10 Å². The maximum Gasteiger partial charge on any atom is 0.411 e. The molecule has 0 aliphatic carbocycles. The lowest BCUT2D eigenvalue weighted by molar-refractivity contribution is -0.164. The molecule has 3 N–H and O–H groups in total. The molecule has 8 nitrogen and oxygen atoms in total. The van der Waals surface area contributed by atoms with Crippen molar-refractivity contribution in [2.24, 2.45) is 0 Å². The SMILES string of the molecule is CC(OC(=O)N1Cc2n[nH]c(N)c2C1)C(=O)OC(C)(C)C. The van der Waals surface area contributed by atoms with Crippen LogP contribution >= 0.6 is 0 Å². The normalized spacial score (nSPS) is 15.5. The highest BCUT2D eigenvalue weighted by molar-refractivity contribution is 5.79. The molecule has 1 amide bonds. The van der Waals surface area contributed by atoms with E-state index in [9.17, 15) is 9.59 Å². The number of esters is 1. The second kappa shape index (κ2) is 5.27. The second-order valence-electron chi connectivity index (χ2n) is 5.98. The molecule has 1 aromatic rings. The van der Waals surface area contributed by atoms with Gasteiger partial charge in [-0.05, 0) is 27.7 Å². The lowest BCUT2D eigenvalue weighted by Gasteiger charge is -2.23. The van der Waals surface area contributed by atoms with E-state index in [1.807, 2.05) is 0 Å². The lowest BCUT2D eigenvalue weighted by atomic mass is 10.2. The van der Waals surface area contributed by atoms with Gasteiger partial charge in [0.1, 0.15) is 11.4 Å². The summed E-state index contributed by atoms with van der Waals surface area (Å²) < 4.78 is 10.3. The number of nitrogens with two attached hydrogens (primary N) is 1. The Labute approximate surface area is 122 Å². The number of anilines is 1. The number of amides is 1. The third-order valence-corrected chi connectivity index (χ3v) is 2.95. The van der Waals surface area contributed by atoms with Gasteiger partial charge in [-0.15, -0.1) is 0 Å². The molecule has 2 rings (SSSR count). The topological polar surface area (TPSA) is 111 Å². The van der Waals surface area contributed by atoms with Gasteiger partial charge in [0.05, 0.1) is 18.8 Å². The molecule has 1 aliphatic heterocycles. The first kappa shape index (κ1) is 15.1. The van der Waals surface area contributed by atoms with Crippen LogP contribution in [-0.2, 0) is 27.4 Å². The summed E-state index contributed by atoms with van der Waals surface area (Å²) in [4.78, 5) is 25.2. The van der Waals surface area contributed by atoms with Crippen LogP contribution in [0, 0.1) is 0 Å². The molecule has 8 heteroatoms. The first-order valence-electron chi connectivity index (χ1n) is 6.67. The van der Waals surface area contributed by atoms with E-state index in [0.717, 1.165) is 11.3 Å². The van der Waals surface area contributed by atoms with E-state index in [1.54, 1.807) is 20.8 Å². The summed E-state index contributed by atoms with van der Waals surface area (Å²) in [5.74, 6) is -0.131. The van der Waals surface area contributed by atoms with Crippen LogP contribution in [-0.4, -0.2) is 38.9 Å². The minimum atomic E-state index is -0.969. The highest BCUT2D eigenvalue weighted by atomic mass is 16.6. The number of hydrogen-bond acceptors (Lipinski definition) is 6. The third-order valence-electron chi connectivity index (χ3n) is 2.95. The zero-order valence-electron chi connectivity index (χ0n) is 12.6. The molecule has 21 heavy (non-hydrogen) atoms. The molecule has 1 aliphatic rings. The number of nitrogens with zero attached hydrogens (tertiary/aromatic N) is 2. The number of carbonyl (C=O) groups excluding carboxylic acids is 2. The van der Waals surface area contributed by atoms with Gasteiger partial charge in [-0.25, -0.2) is 9.59 Å². The summed E-state index contributed by atoms with van der Waals surface area (Å²) in [7, 11) is 0. The number of H-pyrrole nitrogens is 1. The predicted octanol–water partition coefficient (Wildman–Crippen LogP) is 1.17. The van der Waals surface area contributed by atoms with Gasteiger partial charge in [-0.1, -0.05) is 0 Å². The Bertz CT molecular complexity index is 561. The molecule has 0 radical (unpaired) electrons. The maximum absolute atomic E-state index is 12.0. The van der Waals surface area contributed by atoms with Gasteiger partial charge in [-0.3, -0.25) is 10.00 Å². The van der Waals surface area contributed by atoms with Crippen molar-refractivity contribution in [3.05, 3.63) is 11.3 Å². The molecule has 0 fully saturated rings. The number of nitrogens with one attached hydrogen (secondary N) is 1. The molecule has 0 saturated carbocycles. The van der Waals surface area contributed by atoms with Gasteiger partial charge in [0.25, 0.3) is 0 Å². The van der Waals surface area contributed by atoms with Crippen LogP contribution in [0.3, 0.4) is 0 Å². The zero-order chi connectivity index (χ0) is 15.8. The van der Waals surface area contributed by atoms with E-state index >= 15 is 0 Å². The molecule has 2 heterocycles. The minimum Gasteiger partial charge on any atom is -0.457 e. The van der Waals surface area contributed by atoms with Crippen molar-refractivity contribution >= 4 is 17.9 Å². The lowest BCUT2D eigenvalue weighted by Crippen LogP contribution is -2.36. The van der Waals surface area contributed by atoms with Gasteiger partial charge in [0.15, 0.2) is 6.10 Å². The van der Waals surface area contributed by atoms with Crippen molar-refractivity contribution in [2.75, 3.05) is 5.73 Å². The molecule has 1 atom stereocenters. The number of nitrogen functional groups attached to an aromatic ring is 1. The highest BCUT2D eigenvalue weighted by Gasteiger charge is 2.31. The van der Waals surface area contributed by atoms with Gasteiger partial charge >= 0.3 is 12.1 Å². The van der Waals surface area contributed by atoms with E-state index in [2.05, 4.69) is 10.2 Å². The van der Waals surface area contributed by atoms with Crippen LogP contribution < -0.4 is 5.73 Å². The van der Waals surface area contributed by atoms with Crippen LogP contribution in [0.25, 0.3) is 0 Å². The molecule has 0 aromatic carbocycles. The van der Waals surface area contributed by atoms with E-state index in [4.69, 9.17) is 15.2 Å². The Kier molecular flexibility index (Phi) is 3.80. The number of fused-ring (bicyclic) bond motifs is 1. The smallest absolute Gasteiger partial charge is 0.411 e. The Hall–Kier alpha value is -2.25. The third kappa shape index (κ3) is 3.45. The molecular weight excluding hydrogens is 276 g/mol. The van der Waals surface area contributed by atoms with Crippen LogP contribution in [0.2, 0.25) is 0 Å². The van der Waals surface area contributed by atoms with Crippen LogP contribution in [0.15, 0.2) is 0 Å². The molecule has 1 unspecified atom stereocenters.